The van der Waals surface area contributed by atoms with Crippen LogP contribution < -0.4 is 5.32 Å². The molecule has 2 saturated heterocycles. The Morgan fingerprint density at radius 1 is 0.929 bits per heavy atom. The third-order valence-electron chi connectivity index (χ3n) is 8.51. The Balaban J connectivity index is 2.20. The normalized spacial score (nSPS) is 30.3. The van der Waals surface area contributed by atoms with Crippen molar-refractivity contribution in [1.29, 1.82) is 0 Å². The molecule has 3 fully saturated rings. The number of fused-ring (bicyclic) bond motifs is 4. The second kappa shape index (κ2) is 8.58. The van der Waals surface area contributed by atoms with Gasteiger partial charge >= 0.3 is 0 Å². The maximum Gasteiger partial charge on any atom is 0.0808 e. The van der Waals surface area contributed by atoms with Gasteiger partial charge in [0.05, 0.1) is 5.60 Å². The Hall–Kier alpha value is -0.0800. The zero-order chi connectivity index (χ0) is 21.3. The van der Waals surface area contributed by atoms with Gasteiger partial charge in [-0.1, -0.05) is 80.6 Å². The van der Waals surface area contributed by atoms with Gasteiger partial charge in [-0.25, -0.2) is 0 Å². The van der Waals surface area contributed by atoms with E-state index in [1.165, 1.54) is 64.2 Å². The first-order valence-electron chi connectivity index (χ1n) is 12.3. The second-order valence-electron chi connectivity index (χ2n) is 12.3. The van der Waals surface area contributed by atoms with Gasteiger partial charge in [-0.3, -0.25) is 0 Å². The van der Waals surface area contributed by atoms with Gasteiger partial charge in [0.15, 0.2) is 0 Å². The summed E-state index contributed by atoms with van der Waals surface area (Å²) in [7, 11) is 0. The molecule has 3 unspecified atom stereocenters. The van der Waals surface area contributed by atoms with Crippen molar-refractivity contribution < 1.29 is 4.74 Å². The van der Waals surface area contributed by atoms with E-state index in [1.807, 2.05) is 0 Å². The Kier molecular flexibility index (Phi) is 7.41. The molecule has 1 aliphatic carbocycles. The molecule has 0 amide bonds. The summed E-state index contributed by atoms with van der Waals surface area (Å²) in [5.41, 5.74) is 1.03. The van der Waals surface area contributed by atoms with E-state index in [9.17, 15) is 0 Å². The Morgan fingerprint density at radius 2 is 1.50 bits per heavy atom. The summed E-state index contributed by atoms with van der Waals surface area (Å²) in [6.45, 7) is 22.5. The van der Waals surface area contributed by atoms with Crippen LogP contribution in [0.4, 0.5) is 0 Å². The molecule has 2 nitrogen and oxygen atoms in total. The second-order valence-corrected chi connectivity index (χ2v) is 12.3. The molecule has 0 radical (unpaired) electrons. The average molecular weight is 394 g/mol. The van der Waals surface area contributed by atoms with Crippen molar-refractivity contribution in [1.82, 2.24) is 5.32 Å². The number of rotatable bonds is 10. The van der Waals surface area contributed by atoms with Crippen LogP contribution in [-0.2, 0) is 4.74 Å². The summed E-state index contributed by atoms with van der Waals surface area (Å²) in [5, 5.41) is 4.27. The first-order valence-corrected chi connectivity index (χ1v) is 12.3. The minimum Gasteiger partial charge on any atom is -0.373 e. The van der Waals surface area contributed by atoms with E-state index >= 15 is 0 Å². The van der Waals surface area contributed by atoms with Gasteiger partial charge in [0, 0.05) is 17.7 Å². The molecule has 2 heteroatoms. The minimum absolute atomic E-state index is 0.105. The van der Waals surface area contributed by atoms with E-state index in [0.717, 1.165) is 6.61 Å². The number of hydrogen-bond donors (Lipinski definition) is 1. The fraction of sp³-hybridized carbons (Fsp3) is 1.00. The predicted octanol–water partition coefficient (Wildman–Crippen LogP) is 7.51. The van der Waals surface area contributed by atoms with E-state index in [1.54, 1.807) is 0 Å². The van der Waals surface area contributed by atoms with Crippen LogP contribution in [0.2, 0.25) is 0 Å². The lowest BCUT2D eigenvalue weighted by Crippen LogP contribution is -2.83. The van der Waals surface area contributed by atoms with Crippen molar-refractivity contribution in [2.24, 2.45) is 16.7 Å². The zero-order valence-corrected chi connectivity index (χ0v) is 20.8. The largest absolute Gasteiger partial charge is 0.373 e. The lowest BCUT2D eigenvalue weighted by atomic mass is 9.49. The van der Waals surface area contributed by atoms with Crippen molar-refractivity contribution >= 4 is 0 Å². The molecule has 1 N–H and O–H groups in total. The lowest BCUT2D eigenvalue weighted by Gasteiger charge is -2.70. The molecule has 0 aromatic heterocycles. The van der Waals surface area contributed by atoms with Gasteiger partial charge in [-0.05, 0) is 62.7 Å². The third kappa shape index (κ3) is 4.80. The highest BCUT2D eigenvalue weighted by Gasteiger charge is 2.65. The van der Waals surface area contributed by atoms with E-state index in [4.69, 9.17) is 4.74 Å². The standard InChI is InChI=1S/C26H51NO/c1-10-15-22(4,5)19-23(6,7)25-16-13-12-14-17-26(20-25,27-25)24(8,9)28-18-21(3)11-2/h21,27H,10-20H2,1-9H3. The van der Waals surface area contributed by atoms with Gasteiger partial charge in [-0.2, -0.15) is 0 Å². The Morgan fingerprint density at radius 3 is 2.04 bits per heavy atom. The van der Waals surface area contributed by atoms with Crippen LogP contribution in [0.1, 0.15) is 127 Å². The highest BCUT2D eigenvalue weighted by molar-refractivity contribution is 5.24. The van der Waals surface area contributed by atoms with Gasteiger partial charge < -0.3 is 10.1 Å². The van der Waals surface area contributed by atoms with E-state index in [-0.39, 0.29) is 16.7 Å². The summed E-state index contributed by atoms with van der Waals surface area (Å²) in [6.07, 6.45) is 13.0. The predicted molar refractivity (Wildman–Crippen MR) is 123 cm³/mol. The molecule has 28 heavy (non-hydrogen) atoms. The molecule has 3 rings (SSSR count). The molecule has 2 aliphatic heterocycles. The van der Waals surface area contributed by atoms with Gasteiger partial charge in [0.2, 0.25) is 0 Å². The molecule has 2 heterocycles. The quantitative estimate of drug-likeness (QED) is 0.415. The van der Waals surface area contributed by atoms with E-state index < -0.39 is 0 Å². The van der Waals surface area contributed by atoms with Crippen LogP contribution >= 0.6 is 0 Å². The first-order chi connectivity index (χ1) is 12.8. The monoisotopic (exact) mass is 393 g/mol. The Labute approximate surface area is 177 Å². The van der Waals surface area contributed by atoms with Gasteiger partial charge in [-0.15, -0.1) is 0 Å². The minimum atomic E-state index is -0.105. The highest BCUT2D eigenvalue weighted by atomic mass is 16.5. The lowest BCUT2D eigenvalue weighted by molar-refractivity contribution is -0.187. The van der Waals surface area contributed by atoms with Crippen LogP contribution in [0.25, 0.3) is 0 Å². The molecule has 3 aliphatic rings. The number of nitrogens with one attached hydrogen (secondary N) is 1. The van der Waals surface area contributed by atoms with Crippen molar-refractivity contribution in [3.8, 4) is 0 Å². The van der Waals surface area contributed by atoms with Gasteiger partial charge in [0.25, 0.3) is 0 Å². The van der Waals surface area contributed by atoms with Crippen LogP contribution in [-0.4, -0.2) is 23.3 Å². The molecule has 2 bridgehead atoms. The fourth-order valence-electron chi connectivity index (χ4n) is 6.44. The zero-order valence-electron chi connectivity index (χ0n) is 20.8. The summed E-state index contributed by atoms with van der Waals surface area (Å²) in [4.78, 5) is 0. The third-order valence-corrected chi connectivity index (χ3v) is 8.51. The van der Waals surface area contributed by atoms with Crippen LogP contribution in [0.5, 0.6) is 0 Å². The van der Waals surface area contributed by atoms with Crippen molar-refractivity contribution in [3.05, 3.63) is 0 Å². The van der Waals surface area contributed by atoms with Crippen LogP contribution in [0.3, 0.4) is 0 Å². The van der Waals surface area contributed by atoms with Crippen molar-refractivity contribution in [3.63, 3.8) is 0 Å². The molecule has 3 atom stereocenters. The van der Waals surface area contributed by atoms with E-state index in [0.29, 0.717) is 16.7 Å². The molecule has 1 saturated carbocycles. The average Bonchev–Trinajstić information content (AvgIpc) is 2.49. The smallest absolute Gasteiger partial charge is 0.0808 e. The molecule has 0 aromatic carbocycles. The summed E-state index contributed by atoms with van der Waals surface area (Å²) >= 11 is 0. The maximum atomic E-state index is 6.59. The van der Waals surface area contributed by atoms with E-state index in [2.05, 4.69) is 67.6 Å². The topological polar surface area (TPSA) is 21.3 Å². The van der Waals surface area contributed by atoms with Gasteiger partial charge in [0.1, 0.15) is 0 Å². The molecule has 0 spiro atoms. The summed E-state index contributed by atoms with van der Waals surface area (Å²) in [6, 6.07) is 0. The van der Waals surface area contributed by atoms with Crippen LogP contribution in [0.15, 0.2) is 0 Å². The molecule has 0 aromatic rings. The maximum absolute atomic E-state index is 6.59. The molecular formula is C26H51NO. The molecule has 166 valence electrons. The summed E-state index contributed by atoms with van der Waals surface area (Å²) < 4.78 is 6.59. The molecular weight excluding hydrogens is 342 g/mol. The summed E-state index contributed by atoms with van der Waals surface area (Å²) in [5.74, 6) is 0.639. The Bertz CT molecular complexity index is 499. The number of ether oxygens (including phenoxy) is 1. The van der Waals surface area contributed by atoms with Crippen LogP contribution in [0, 0.1) is 16.7 Å². The highest BCUT2D eigenvalue weighted by Crippen LogP contribution is 2.59. The van der Waals surface area contributed by atoms with Crippen molar-refractivity contribution in [2.75, 3.05) is 6.61 Å². The van der Waals surface area contributed by atoms with Crippen molar-refractivity contribution in [2.45, 2.75) is 143 Å². The first kappa shape index (κ1) is 24.2. The fourth-order valence-corrected chi connectivity index (χ4v) is 6.44. The SMILES string of the molecule is CCCC(C)(C)CC(C)(C)C12CCCCCC(C(C)(C)OCC(C)CC)(C1)N2. The number of hydrogen-bond acceptors (Lipinski definition) is 2.